The van der Waals surface area contributed by atoms with E-state index in [0.29, 0.717) is 11.0 Å². The van der Waals surface area contributed by atoms with Crippen molar-refractivity contribution in [3.8, 4) is 0 Å². The van der Waals surface area contributed by atoms with Gasteiger partial charge in [0.25, 0.3) is 6.04 Å². The normalized spacial score (nSPS) is 25.5. The maximum Gasteiger partial charge on any atom is 0.272 e. The number of aromatic amines is 1. The Hall–Kier alpha value is -3.05. The van der Waals surface area contributed by atoms with Gasteiger partial charge in [0.2, 0.25) is 0 Å². The molecule has 0 saturated carbocycles. The zero-order chi connectivity index (χ0) is 17.5. The second-order valence-corrected chi connectivity index (χ2v) is 6.78. The number of aliphatic imine (C=N–C) groups is 1. The van der Waals surface area contributed by atoms with Gasteiger partial charge < -0.3 is 10.2 Å². The van der Waals surface area contributed by atoms with Gasteiger partial charge in [0.1, 0.15) is 16.7 Å². The van der Waals surface area contributed by atoms with Crippen LogP contribution in [0.1, 0.15) is 29.9 Å². The van der Waals surface area contributed by atoms with Crippen molar-refractivity contribution >= 4 is 22.6 Å². The molecule has 3 unspecified atom stereocenters. The van der Waals surface area contributed by atoms with Crippen molar-refractivity contribution in [2.45, 2.75) is 24.8 Å². The molecule has 1 saturated heterocycles. The van der Waals surface area contributed by atoms with Crippen LogP contribution in [0.2, 0.25) is 0 Å². The summed E-state index contributed by atoms with van der Waals surface area (Å²) in [4.78, 5) is 8.81. The molecule has 26 heavy (non-hydrogen) atoms. The van der Waals surface area contributed by atoms with Gasteiger partial charge in [-0.3, -0.25) is 5.10 Å². The van der Waals surface area contributed by atoms with Crippen molar-refractivity contribution in [2.75, 3.05) is 13.1 Å². The number of nitrogens with zero attached hydrogens (tertiary/aromatic N) is 5. The fraction of sp³-hybridized carbons (Fsp3) is 0.389. The number of fused-ring (bicyclic) bond motifs is 2. The van der Waals surface area contributed by atoms with Gasteiger partial charge in [-0.2, -0.15) is 5.10 Å². The first-order valence-electron chi connectivity index (χ1n) is 8.77. The van der Waals surface area contributed by atoms with Crippen LogP contribution in [-0.2, 0) is 0 Å². The minimum Gasteiger partial charge on any atom is -0.316 e. The Balaban J connectivity index is 1.68. The summed E-state index contributed by atoms with van der Waals surface area (Å²) in [7, 11) is 0. The van der Waals surface area contributed by atoms with Gasteiger partial charge in [-0.1, -0.05) is 12.1 Å². The fourth-order valence-electron chi connectivity index (χ4n) is 4.14. The van der Waals surface area contributed by atoms with Crippen LogP contribution in [-0.4, -0.2) is 45.4 Å². The molecule has 0 amide bonds. The topological polar surface area (TPSA) is 96.3 Å². The van der Waals surface area contributed by atoms with Gasteiger partial charge in [0.05, 0.1) is 12.1 Å². The number of H-pyrrole nitrogens is 1. The van der Waals surface area contributed by atoms with E-state index in [1.54, 1.807) is 6.20 Å². The summed E-state index contributed by atoms with van der Waals surface area (Å²) in [6.45, 7) is 9.81. The maximum absolute atomic E-state index is 7.93. The molecule has 8 heteroatoms. The van der Waals surface area contributed by atoms with E-state index in [1.807, 2.05) is 18.2 Å². The first-order chi connectivity index (χ1) is 12.9. The molecule has 4 heterocycles. The lowest BCUT2D eigenvalue weighted by Crippen LogP contribution is -2.41. The second kappa shape index (κ2) is 6.04. The highest BCUT2D eigenvalue weighted by Gasteiger charge is 2.44. The Kier molecular flexibility index (Phi) is 3.53. The molecule has 3 atom stereocenters. The van der Waals surface area contributed by atoms with Gasteiger partial charge >= 0.3 is 0 Å². The summed E-state index contributed by atoms with van der Waals surface area (Å²) < 4.78 is 4.94. The molecule has 0 spiro atoms. The molecule has 2 aliphatic heterocycles. The summed E-state index contributed by atoms with van der Waals surface area (Å²) in [5.74, 6) is 0.812. The summed E-state index contributed by atoms with van der Waals surface area (Å²) in [6.07, 6.45) is 3.91. The predicted molar refractivity (Wildman–Crippen MR) is 95.3 cm³/mol. The number of hydrogen-bond acceptors (Lipinski definition) is 6. The molecule has 1 aromatic carbocycles. The van der Waals surface area contributed by atoms with Crippen molar-refractivity contribution in [3.63, 3.8) is 0 Å². The largest absolute Gasteiger partial charge is 0.316 e. The Bertz CT molecular complexity index is 1020. The lowest BCUT2D eigenvalue weighted by Gasteiger charge is -2.30. The van der Waals surface area contributed by atoms with Crippen molar-refractivity contribution < 1.29 is 4.63 Å². The third-order valence-electron chi connectivity index (χ3n) is 5.35. The molecule has 130 valence electrons. The number of hydrogen-bond donors (Lipinski definition) is 2. The monoisotopic (exact) mass is 347 g/mol. The zero-order valence-electron chi connectivity index (χ0n) is 14.0. The molecule has 2 aromatic heterocycles. The average Bonchev–Trinajstić information content (AvgIpc) is 3.36. The average molecular weight is 347 g/mol. The molecule has 0 aliphatic carbocycles. The predicted octanol–water partition coefficient (Wildman–Crippen LogP) is 2.45. The van der Waals surface area contributed by atoms with Crippen LogP contribution in [0.25, 0.3) is 15.9 Å². The number of aromatic nitrogens is 4. The van der Waals surface area contributed by atoms with E-state index in [-0.39, 0.29) is 17.9 Å². The smallest absolute Gasteiger partial charge is 0.272 e. The lowest BCUT2D eigenvalue weighted by molar-refractivity contribution is 0.315. The molecule has 5 rings (SSSR count). The summed E-state index contributed by atoms with van der Waals surface area (Å²) in [6, 6.07) is 5.40. The van der Waals surface area contributed by atoms with Crippen LogP contribution in [0.15, 0.2) is 34.0 Å². The quantitative estimate of drug-likeness (QED) is 0.694. The minimum atomic E-state index is -0.382. The number of nitrogens with one attached hydrogen (secondary N) is 2. The SMILES string of the molecule is [C-]#[N+]C1C(C2CCCNC2)=Nc2[nH]ncc2C1c1cccc2nonc12. The van der Waals surface area contributed by atoms with Crippen LogP contribution < -0.4 is 5.32 Å². The Morgan fingerprint density at radius 1 is 1.23 bits per heavy atom. The van der Waals surface area contributed by atoms with Crippen molar-refractivity contribution in [2.24, 2.45) is 10.9 Å². The van der Waals surface area contributed by atoms with E-state index < -0.39 is 0 Å². The first kappa shape index (κ1) is 15.2. The van der Waals surface area contributed by atoms with E-state index in [4.69, 9.17) is 16.2 Å². The molecular weight excluding hydrogens is 330 g/mol. The molecule has 1 fully saturated rings. The highest BCUT2D eigenvalue weighted by Crippen LogP contribution is 2.42. The van der Waals surface area contributed by atoms with Gasteiger partial charge in [0.15, 0.2) is 5.82 Å². The minimum absolute atomic E-state index is 0.189. The maximum atomic E-state index is 7.93. The Labute approximate surface area is 149 Å². The van der Waals surface area contributed by atoms with Crippen LogP contribution >= 0.6 is 0 Å². The molecule has 2 N–H and O–H groups in total. The second-order valence-electron chi connectivity index (χ2n) is 6.78. The molecule has 3 aromatic rings. The van der Waals surface area contributed by atoms with Gasteiger partial charge in [-0.15, -0.1) is 0 Å². The fourth-order valence-corrected chi connectivity index (χ4v) is 4.14. The van der Waals surface area contributed by atoms with Crippen LogP contribution in [0, 0.1) is 12.5 Å². The third-order valence-corrected chi connectivity index (χ3v) is 5.35. The molecule has 2 aliphatic rings. The standard InChI is InChI=1S/C18H17N7O/c1-19-17-14(11-5-2-6-13-16(11)25-26-24-13)12-9-21-23-18(12)22-15(17)10-4-3-7-20-8-10/h2,5-6,9-10,14,17,20H,3-4,7-8H2,(H,21,23). The summed E-state index contributed by atoms with van der Waals surface area (Å²) in [5.41, 5.74) is 4.18. The molecular formula is C18H17N7O. The highest BCUT2D eigenvalue weighted by molar-refractivity contribution is 5.99. The number of rotatable bonds is 2. The molecule has 8 nitrogen and oxygen atoms in total. The van der Waals surface area contributed by atoms with Gasteiger partial charge in [-0.25, -0.2) is 16.2 Å². The van der Waals surface area contributed by atoms with E-state index in [0.717, 1.165) is 48.6 Å². The van der Waals surface area contributed by atoms with Gasteiger partial charge in [-0.05, 0) is 41.3 Å². The van der Waals surface area contributed by atoms with E-state index in [1.165, 1.54) is 0 Å². The van der Waals surface area contributed by atoms with Crippen molar-refractivity contribution in [1.82, 2.24) is 25.8 Å². The van der Waals surface area contributed by atoms with Crippen LogP contribution in [0.4, 0.5) is 5.82 Å². The van der Waals surface area contributed by atoms with Crippen LogP contribution in [0.5, 0.6) is 0 Å². The summed E-state index contributed by atoms with van der Waals surface area (Å²) in [5, 5.41) is 18.6. The lowest BCUT2D eigenvalue weighted by atomic mass is 9.77. The van der Waals surface area contributed by atoms with E-state index >= 15 is 0 Å². The van der Waals surface area contributed by atoms with Gasteiger partial charge in [0, 0.05) is 18.0 Å². The Morgan fingerprint density at radius 2 is 2.19 bits per heavy atom. The van der Waals surface area contributed by atoms with E-state index in [2.05, 4.69) is 30.7 Å². The zero-order valence-corrected chi connectivity index (χ0v) is 14.0. The summed E-state index contributed by atoms with van der Waals surface area (Å²) >= 11 is 0. The molecule has 0 radical (unpaired) electrons. The van der Waals surface area contributed by atoms with Crippen molar-refractivity contribution in [3.05, 3.63) is 46.9 Å². The van der Waals surface area contributed by atoms with Crippen molar-refractivity contribution in [1.29, 1.82) is 0 Å². The Morgan fingerprint density at radius 3 is 3.04 bits per heavy atom. The number of piperidine rings is 1. The van der Waals surface area contributed by atoms with Crippen LogP contribution in [0.3, 0.4) is 0 Å². The van der Waals surface area contributed by atoms with E-state index in [9.17, 15) is 0 Å². The highest BCUT2D eigenvalue weighted by atomic mass is 16.6. The molecule has 0 bridgehead atoms. The first-order valence-corrected chi connectivity index (χ1v) is 8.77. The number of benzene rings is 1. The third kappa shape index (κ3) is 2.24.